The molecular formula is C12H16N2O2. The Kier molecular flexibility index (Phi) is 3.19. The highest BCUT2D eigenvalue weighted by molar-refractivity contribution is 5.40. The second kappa shape index (κ2) is 4.61. The molecule has 1 atom stereocenters. The number of nitro groups is 1. The Morgan fingerprint density at radius 2 is 2.12 bits per heavy atom. The van der Waals surface area contributed by atoms with Gasteiger partial charge in [-0.05, 0) is 18.8 Å². The van der Waals surface area contributed by atoms with E-state index in [9.17, 15) is 10.1 Å². The van der Waals surface area contributed by atoms with E-state index >= 15 is 0 Å². The summed E-state index contributed by atoms with van der Waals surface area (Å²) in [4.78, 5) is 10.5. The molecule has 2 N–H and O–H groups in total. The van der Waals surface area contributed by atoms with Crippen molar-refractivity contribution < 1.29 is 4.92 Å². The molecule has 16 heavy (non-hydrogen) atoms. The molecular weight excluding hydrogens is 204 g/mol. The van der Waals surface area contributed by atoms with E-state index in [0.29, 0.717) is 6.42 Å². The van der Waals surface area contributed by atoms with Crippen LogP contribution in [0.5, 0.6) is 0 Å². The molecule has 0 radical (unpaired) electrons. The zero-order valence-corrected chi connectivity index (χ0v) is 9.13. The maximum Gasteiger partial charge on any atom is 0.272 e. The van der Waals surface area contributed by atoms with Gasteiger partial charge >= 0.3 is 0 Å². The van der Waals surface area contributed by atoms with Gasteiger partial charge < -0.3 is 5.73 Å². The SMILES string of the molecule is NC(Cc1ccccc1[N+](=O)[O-])CC1CC1. The minimum Gasteiger partial charge on any atom is -0.327 e. The third-order valence-corrected chi connectivity index (χ3v) is 3.00. The van der Waals surface area contributed by atoms with E-state index in [1.165, 1.54) is 12.8 Å². The third kappa shape index (κ3) is 2.79. The van der Waals surface area contributed by atoms with Gasteiger partial charge in [0.15, 0.2) is 0 Å². The first kappa shape index (κ1) is 11.1. The number of nitro benzene ring substituents is 1. The largest absolute Gasteiger partial charge is 0.327 e. The summed E-state index contributed by atoms with van der Waals surface area (Å²) >= 11 is 0. The first-order valence-corrected chi connectivity index (χ1v) is 5.64. The van der Waals surface area contributed by atoms with Crippen LogP contribution in [-0.2, 0) is 6.42 Å². The lowest BCUT2D eigenvalue weighted by atomic mass is 10.0. The second-order valence-electron chi connectivity index (χ2n) is 4.53. The maximum atomic E-state index is 10.8. The van der Waals surface area contributed by atoms with Crippen LogP contribution in [-0.4, -0.2) is 11.0 Å². The standard InChI is InChI=1S/C12H16N2O2/c13-11(7-9-5-6-9)8-10-3-1-2-4-12(10)14(15)16/h1-4,9,11H,5-8,13H2. The summed E-state index contributed by atoms with van der Waals surface area (Å²) in [6.07, 6.45) is 4.13. The molecule has 1 aromatic rings. The van der Waals surface area contributed by atoms with Crippen molar-refractivity contribution in [2.45, 2.75) is 31.7 Å². The van der Waals surface area contributed by atoms with Crippen LogP contribution in [0.2, 0.25) is 0 Å². The van der Waals surface area contributed by atoms with Gasteiger partial charge in [-0.15, -0.1) is 0 Å². The molecule has 4 nitrogen and oxygen atoms in total. The fraction of sp³-hybridized carbons (Fsp3) is 0.500. The lowest BCUT2D eigenvalue weighted by Gasteiger charge is -2.10. The van der Waals surface area contributed by atoms with Crippen molar-refractivity contribution in [2.75, 3.05) is 0 Å². The number of para-hydroxylation sites is 1. The molecule has 0 aliphatic heterocycles. The van der Waals surface area contributed by atoms with Crippen LogP contribution in [0, 0.1) is 16.0 Å². The van der Waals surface area contributed by atoms with Gasteiger partial charge in [0.05, 0.1) is 4.92 Å². The Morgan fingerprint density at radius 3 is 2.75 bits per heavy atom. The smallest absolute Gasteiger partial charge is 0.272 e. The molecule has 0 bridgehead atoms. The predicted molar refractivity (Wildman–Crippen MR) is 62.1 cm³/mol. The molecule has 1 aliphatic rings. The molecule has 4 heteroatoms. The Labute approximate surface area is 94.6 Å². The summed E-state index contributed by atoms with van der Waals surface area (Å²) < 4.78 is 0. The molecule has 86 valence electrons. The van der Waals surface area contributed by atoms with Gasteiger partial charge in [-0.3, -0.25) is 10.1 Å². The number of rotatable bonds is 5. The van der Waals surface area contributed by atoms with Gasteiger partial charge in [0.2, 0.25) is 0 Å². The van der Waals surface area contributed by atoms with Crippen molar-refractivity contribution in [2.24, 2.45) is 11.7 Å². The molecule has 0 heterocycles. The monoisotopic (exact) mass is 220 g/mol. The van der Waals surface area contributed by atoms with E-state index in [1.807, 2.05) is 6.07 Å². The van der Waals surface area contributed by atoms with Gasteiger partial charge in [-0.2, -0.15) is 0 Å². The number of hydrogen-bond acceptors (Lipinski definition) is 3. The van der Waals surface area contributed by atoms with Crippen molar-refractivity contribution in [3.05, 3.63) is 39.9 Å². The molecule has 0 amide bonds. The summed E-state index contributed by atoms with van der Waals surface area (Å²) in [6, 6.07) is 6.90. The number of benzene rings is 1. The van der Waals surface area contributed by atoms with E-state index < -0.39 is 0 Å². The number of nitrogens with zero attached hydrogens (tertiary/aromatic N) is 1. The molecule has 0 aromatic heterocycles. The molecule has 1 unspecified atom stereocenters. The van der Waals surface area contributed by atoms with Crippen molar-refractivity contribution >= 4 is 5.69 Å². The average molecular weight is 220 g/mol. The topological polar surface area (TPSA) is 69.2 Å². The molecule has 1 aromatic carbocycles. The quantitative estimate of drug-likeness (QED) is 0.611. The van der Waals surface area contributed by atoms with Crippen LogP contribution in [0.25, 0.3) is 0 Å². The van der Waals surface area contributed by atoms with Crippen LogP contribution in [0.3, 0.4) is 0 Å². The van der Waals surface area contributed by atoms with E-state index in [1.54, 1.807) is 18.2 Å². The van der Waals surface area contributed by atoms with Crippen LogP contribution in [0.1, 0.15) is 24.8 Å². The maximum absolute atomic E-state index is 10.8. The fourth-order valence-corrected chi connectivity index (χ4v) is 2.01. The third-order valence-electron chi connectivity index (χ3n) is 3.00. The minimum atomic E-state index is -0.334. The average Bonchev–Trinajstić information content (AvgIpc) is 3.02. The van der Waals surface area contributed by atoms with E-state index in [-0.39, 0.29) is 16.7 Å². The van der Waals surface area contributed by atoms with Crippen LogP contribution in [0.4, 0.5) is 5.69 Å². The summed E-state index contributed by atoms with van der Waals surface area (Å²) in [7, 11) is 0. The van der Waals surface area contributed by atoms with E-state index in [2.05, 4.69) is 0 Å². The Hall–Kier alpha value is -1.42. The molecule has 1 saturated carbocycles. The van der Waals surface area contributed by atoms with Gasteiger partial charge in [0.25, 0.3) is 5.69 Å². The summed E-state index contributed by atoms with van der Waals surface area (Å²) in [5.41, 5.74) is 6.93. The lowest BCUT2D eigenvalue weighted by molar-refractivity contribution is -0.385. The van der Waals surface area contributed by atoms with E-state index in [0.717, 1.165) is 17.9 Å². The molecule has 0 spiro atoms. The predicted octanol–water partition coefficient (Wildman–Crippen LogP) is 2.26. The lowest BCUT2D eigenvalue weighted by Crippen LogP contribution is -2.23. The van der Waals surface area contributed by atoms with Crippen molar-refractivity contribution in [3.63, 3.8) is 0 Å². The molecule has 1 aliphatic carbocycles. The van der Waals surface area contributed by atoms with Crippen molar-refractivity contribution in [3.8, 4) is 0 Å². The molecule has 2 rings (SSSR count). The fourth-order valence-electron chi connectivity index (χ4n) is 2.01. The highest BCUT2D eigenvalue weighted by Crippen LogP contribution is 2.34. The highest BCUT2D eigenvalue weighted by atomic mass is 16.6. The second-order valence-corrected chi connectivity index (χ2v) is 4.53. The summed E-state index contributed by atoms with van der Waals surface area (Å²) in [5, 5.41) is 10.8. The van der Waals surface area contributed by atoms with Gasteiger partial charge in [0.1, 0.15) is 0 Å². The summed E-state index contributed by atoms with van der Waals surface area (Å²) in [5.74, 6) is 0.762. The Bertz CT molecular complexity index is 388. The van der Waals surface area contributed by atoms with Gasteiger partial charge in [-0.25, -0.2) is 0 Å². The summed E-state index contributed by atoms with van der Waals surface area (Å²) in [6.45, 7) is 0. The van der Waals surface area contributed by atoms with Crippen LogP contribution < -0.4 is 5.73 Å². The van der Waals surface area contributed by atoms with Gasteiger partial charge in [-0.1, -0.05) is 31.0 Å². The molecule has 0 saturated heterocycles. The van der Waals surface area contributed by atoms with E-state index in [4.69, 9.17) is 5.73 Å². The van der Waals surface area contributed by atoms with Crippen LogP contribution in [0.15, 0.2) is 24.3 Å². The Balaban J connectivity index is 2.04. The first-order valence-electron chi connectivity index (χ1n) is 5.64. The zero-order chi connectivity index (χ0) is 11.5. The van der Waals surface area contributed by atoms with Crippen molar-refractivity contribution in [1.82, 2.24) is 0 Å². The minimum absolute atomic E-state index is 0.0496. The number of hydrogen-bond donors (Lipinski definition) is 1. The van der Waals surface area contributed by atoms with Crippen LogP contribution >= 0.6 is 0 Å². The van der Waals surface area contributed by atoms with Gasteiger partial charge in [0, 0.05) is 17.7 Å². The Morgan fingerprint density at radius 1 is 1.44 bits per heavy atom. The number of nitrogens with two attached hydrogens (primary N) is 1. The molecule has 1 fully saturated rings. The normalized spacial score (nSPS) is 17.1. The van der Waals surface area contributed by atoms with Crippen molar-refractivity contribution in [1.29, 1.82) is 0 Å². The first-order chi connectivity index (χ1) is 7.66. The zero-order valence-electron chi connectivity index (χ0n) is 9.13. The highest BCUT2D eigenvalue weighted by Gasteiger charge is 2.25.